The van der Waals surface area contributed by atoms with E-state index in [0.717, 1.165) is 0 Å². The van der Waals surface area contributed by atoms with Crippen molar-refractivity contribution in [2.75, 3.05) is 16.3 Å². The van der Waals surface area contributed by atoms with Crippen molar-refractivity contribution in [2.45, 2.75) is 43.4 Å². The number of nitrogens with zero attached hydrogens (tertiary/aromatic N) is 3. The molecule has 0 saturated carbocycles. The van der Waals surface area contributed by atoms with Gasteiger partial charge < -0.3 is 15.0 Å². The smallest absolute Gasteiger partial charge is 0.283 e. The molecule has 1 aromatic heterocycles. The molecule has 210 valence electrons. The maximum absolute atomic E-state index is 12.6. The molecular weight excluding hydrogens is 530 g/mol. The molecule has 0 spiro atoms. The predicted octanol–water partition coefficient (Wildman–Crippen LogP) is 4.21. The second-order valence-electron chi connectivity index (χ2n) is 10.0. The Hall–Kier alpha value is -4.03. The number of imidazole rings is 1. The van der Waals surface area contributed by atoms with Crippen molar-refractivity contribution in [3.63, 3.8) is 0 Å². The first kappa shape index (κ1) is 29.0. The number of aromatic nitrogens is 2. The Morgan fingerprint density at radius 3 is 2.40 bits per heavy atom. The molecule has 0 bridgehead atoms. The summed E-state index contributed by atoms with van der Waals surface area (Å²) in [6.45, 7) is 4.79. The van der Waals surface area contributed by atoms with Crippen LogP contribution < -0.4 is 15.1 Å². The van der Waals surface area contributed by atoms with Gasteiger partial charge in [-0.1, -0.05) is 48.5 Å². The normalized spacial score (nSPS) is 12.6. The van der Waals surface area contributed by atoms with Gasteiger partial charge in [0.1, 0.15) is 0 Å². The highest BCUT2D eigenvalue weighted by Gasteiger charge is 2.22. The van der Waals surface area contributed by atoms with Crippen LogP contribution in [0.5, 0.6) is 0 Å². The highest BCUT2D eigenvalue weighted by Crippen LogP contribution is 2.22. The molecular formula is C29H33N5O5S. The zero-order valence-corrected chi connectivity index (χ0v) is 23.1. The molecule has 3 aromatic carbocycles. The minimum Gasteiger partial charge on any atom is -0.387 e. The van der Waals surface area contributed by atoms with Crippen LogP contribution in [0.15, 0.2) is 102 Å². The van der Waals surface area contributed by atoms with Gasteiger partial charge in [0.25, 0.3) is 15.9 Å². The monoisotopic (exact) mass is 563 g/mol. The number of hydroxylamine groups is 1. The maximum atomic E-state index is 12.6. The first-order valence-corrected chi connectivity index (χ1v) is 14.2. The highest BCUT2D eigenvalue weighted by molar-refractivity contribution is 7.92. The minimum atomic E-state index is -3.74. The van der Waals surface area contributed by atoms with Crippen molar-refractivity contribution in [1.82, 2.24) is 14.9 Å². The number of amides is 1. The number of carbonyl (C=O) groups is 1. The molecule has 40 heavy (non-hydrogen) atoms. The third kappa shape index (κ3) is 7.54. The molecule has 0 radical (unpaired) electrons. The zero-order valence-electron chi connectivity index (χ0n) is 22.3. The largest absolute Gasteiger partial charge is 0.387 e. The molecule has 4 aromatic rings. The minimum absolute atomic E-state index is 0.123. The summed E-state index contributed by atoms with van der Waals surface area (Å²) in [5, 5.41) is 25.0. The Balaban J connectivity index is 1.30. The third-order valence-electron chi connectivity index (χ3n) is 6.40. The number of aryl methyl sites for hydroxylation is 1. The summed E-state index contributed by atoms with van der Waals surface area (Å²) in [6.07, 6.45) is 2.93. The molecule has 0 aliphatic carbocycles. The van der Waals surface area contributed by atoms with E-state index in [1.165, 1.54) is 12.1 Å². The maximum Gasteiger partial charge on any atom is 0.283 e. The molecule has 0 aliphatic heterocycles. The molecule has 0 fully saturated rings. The number of aliphatic hydroxyl groups excluding tert-OH is 1. The lowest BCUT2D eigenvalue weighted by atomic mass is 9.99. The van der Waals surface area contributed by atoms with Gasteiger partial charge in [-0.2, -0.15) is 5.06 Å². The van der Waals surface area contributed by atoms with Crippen LogP contribution in [0.2, 0.25) is 0 Å². The summed E-state index contributed by atoms with van der Waals surface area (Å²) in [5.74, 6) is -0.448. The molecule has 1 amide bonds. The Bertz CT molecular complexity index is 1520. The summed E-state index contributed by atoms with van der Waals surface area (Å²) >= 11 is 0. The molecule has 1 atom stereocenters. The van der Waals surface area contributed by atoms with Crippen molar-refractivity contribution >= 4 is 27.4 Å². The number of rotatable bonds is 12. The Morgan fingerprint density at radius 1 is 1.02 bits per heavy atom. The summed E-state index contributed by atoms with van der Waals surface area (Å²) < 4.78 is 29.6. The second-order valence-corrected chi connectivity index (χ2v) is 11.7. The first-order valence-electron chi connectivity index (χ1n) is 12.8. The molecule has 1 unspecified atom stereocenters. The number of hydrogen-bond acceptors (Lipinski definition) is 7. The van der Waals surface area contributed by atoms with Crippen LogP contribution in [0.4, 0.5) is 11.5 Å². The van der Waals surface area contributed by atoms with E-state index in [9.17, 15) is 23.5 Å². The number of anilines is 2. The fraction of sp³-hybridized carbons (Fsp3) is 0.241. The van der Waals surface area contributed by atoms with Gasteiger partial charge in [0.15, 0.2) is 5.82 Å². The van der Waals surface area contributed by atoms with Gasteiger partial charge in [-0.05, 0) is 62.2 Å². The number of carbonyl (C=O) groups excluding carboxylic acids is 1. The summed E-state index contributed by atoms with van der Waals surface area (Å²) in [7, 11) is -3.74. The zero-order chi connectivity index (χ0) is 28.8. The fourth-order valence-electron chi connectivity index (χ4n) is 4.00. The van der Waals surface area contributed by atoms with E-state index in [1.807, 2.05) is 13.8 Å². The van der Waals surface area contributed by atoms with Gasteiger partial charge in [-0.15, -0.1) is 0 Å². The van der Waals surface area contributed by atoms with E-state index in [1.54, 1.807) is 89.9 Å². The summed E-state index contributed by atoms with van der Waals surface area (Å²) in [4.78, 5) is 16.7. The number of sulfonamides is 1. The molecule has 0 saturated heterocycles. The van der Waals surface area contributed by atoms with Gasteiger partial charge in [-0.25, -0.2) is 13.4 Å². The van der Waals surface area contributed by atoms with Crippen LogP contribution in [-0.2, 0) is 16.6 Å². The first-order chi connectivity index (χ1) is 19.0. The van der Waals surface area contributed by atoms with Crippen LogP contribution in [0.25, 0.3) is 0 Å². The van der Waals surface area contributed by atoms with Crippen molar-refractivity contribution in [3.05, 3.63) is 109 Å². The lowest BCUT2D eigenvalue weighted by Gasteiger charge is -2.28. The molecule has 4 N–H and O–H groups in total. The lowest BCUT2D eigenvalue weighted by Crippen LogP contribution is -2.42. The third-order valence-corrected chi connectivity index (χ3v) is 7.79. The van der Waals surface area contributed by atoms with Crippen LogP contribution >= 0.6 is 0 Å². The quantitative estimate of drug-likeness (QED) is 0.150. The Morgan fingerprint density at radius 2 is 1.70 bits per heavy atom. The fourth-order valence-corrected chi connectivity index (χ4v) is 5.07. The predicted molar refractivity (Wildman–Crippen MR) is 153 cm³/mol. The standard InChI is InChI=1S/C29H33N5O5S/c1-29(2,16-17-33-20-27(30-21-33)34(37)28(36)22-10-5-3-6-11-22)31-19-26(35)23-12-9-13-24(18-23)32-40(38,39)25-14-7-4-8-15-25/h3-15,18,20-21,26,31-32,35,37H,16-17,19H2,1-2H3. The Labute approximate surface area is 233 Å². The van der Waals surface area contributed by atoms with E-state index in [2.05, 4.69) is 15.0 Å². The van der Waals surface area contributed by atoms with Gasteiger partial charge in [-0.3, -0.25) is 14.7 Å². The van der Waals surface area contributed by atoms with Crippen molar-refractivity contribution in [2.24, 2.45) is 0 Å². The van der Waals surface area contributed by atoms with Crippen molar-refractivity contribution in [3.8, 4) is 0 Å². The number of aliphatic hydroxyl groups is 1. The SMILES string of the molecule is CC(C)(CCn1cnc(N(O)C(=O)c2ccccc2)c1)NCC(O)c1cccc(NS(=O)(=O)c2ccccc2)c1. The van der Waals surface area contributed by atoms with E-state index in [0.29, 0.717) is 34.8 Å². The topological polar surface area (TPSA) is 137 Å². The van der Waals surface area contributed by atoms with Crippen LogP contribution in [-0.4, -0.2) is 46.3 Å². The summed E-state index contributed by atoms with van der Waals surface area (Å²) in [5.41, 5.74) is 0.903. The molecule has 0 aliphatic rings. The van der Waals surface area contributed by atoms with Gasteiger partial charge >= 0.3 is 0 Å². The van der Waals surface area contributed by atoms with Crippen LogP contribution in [0.1, 0.15) is 42.3 Å². The van der Waals surface area contributed by atoms with Gasteiger partial charge in [0.05, 0.1) is 23.5 Å². The van der Waals surface area contributed by atoms with E-state index >= 15 is 0 Å². The average molecular weight is 564 g/mol. The number of nitrogens with one attached hydrogen (secondary N) is 2. The lowest BCUT2D eigenvalue weighted by molar-refractivity contribution is 0.0852. The van der Waals surface area contributed by atoms with Gasteiger partial charge in [0.2, 0.25) is 0 Å². The van der Waals surface area contributed by atoms with Crippen LogP contribution in [0.3, 0.4) is 0 Å². The number of β-amino-alcohol motifs (C(OH)–C–C–N with tert-alkyl or cyclic N) is 1. The van der Waals surface area contributed by atoms with Crippen LogP contribution in [0, 0.1) is 0 Å². The molecule has 1 heterocycles. The second kappa shape index (κ2) is 12.4. The molecule has 11 heteroatoms. The summed E-state index contributed by atoms with van der Waals surface area (Å²) in [6, 6.07) is 23.2. The molecule has 4 rings (SSSR count). The van der Waals surface area contributed by atoms with E-state index in [4.69, 9.17) is 0 Å². The number of hydrogen-bond donors (Lipinski definition) is 4. The average Bonchev–Trinajstić information content (AvgIpc) is 3.44. The van der Waals surface area contributed by atoms with E-state index < -0.39 is 22.0 Å². The van der Waals surface area contributed by atoms with E-state index in [-0.39, 0.29) is 22.8 Å². The van der Waals surface area contributed by atoms with Crippen molar-refractivity contribution in [1.29, 1.82) is 0 Å². The molecule has 10 nitrogen and oxygen atoms in total. The van der Waals surface area contributed by atoms with Crippen molar-refractivity contribution < 1.29 is 23.5 Å². The van der Waals surface area contributed by atoms with Gasteiger partial charge in [0, 0.05) is 29.9 Å². The highest BCUT2D eigenvalue weighted by atomic mass is 32.2. The Kier molecular flexibility index (Phi) is 9.00. The number of benzene rings is 3.